The first-order valence-corrected chi connectivity index (χ1v) is 12.7. The number of rotatable bonds is 6. The maximum Gasteiger partial charge on any atom is 0.243 e. The average Bonchev–Trinajstić information content (AvgIpc) is 3.25. The second kappa shape index (κ2) is 9.24. The monoisotopic (exact) mass is 535 g/mol. The van der Waals surface area contributed by atoms with Gasteiger partial charge in [0.1, 0.15) is 16.6 Å². The standard InChI is InChI=1S/C23H20F3N5O3S2/c1-23(2,10-32)21-31-18(19(35-21)15-8-9-29-22(27)30-15)13-5-3-4-11(16(13)25)12-6-7-14(24)20(17(12)26)36(28,33)34/h3-9,32H,10H2,1-2H3,(H2,27,29,30)(H2,28,33,34). The number of aliphatic hydroxyl groups is 1. The molecular formula is C23H20F3N5O3S2. The van der Waals surface area contributed by atoms with E-state index in [1.54, 1.807) is 19.9 Å². The Balaban J connectivity index is 1.99. The van der Waals surface area contributed by atoms with Crippen LogP contribution in [0.2, 0.25) is 0 Å². The summed E-state index contributed by atoms with van der Waals surface area (Å²) in [7, 11) is -4.77. The molecule has 0 aliphatic carbocycles. The van der Waals surface area contributed by atoms with E-state index in [2.05, 4.69) is 15.0 Å². The minimum atomic E-state index is -4.77. The number of primary sulfonamides is 1. The quantitative estimate of drug-likeness (QED) is 0.340. The molecule has 2 heterocycles. The Morgan fingerprint density at radius 1 is 1.00 bits per heavy atom. The summed E-state index contributed by atoms with van der Waals surface area (Å²) < 4.78 is 68.6. The number of hydrogen-bond donors (Lipinski definition) is 3. The number of hydrogen-bond acceptors (Lipinski definition) is 8. The molecule has 0 radical (unpaired) electrons. The van der Waals surface area contributed by atoms with Gasteiger partial charge in [-0.1, -0.05) is 26.0 Å². The van der Waals surface area contributed by atoms with E-state index in [1.807, 2.05) is 0 Å². The summed E-state index contributed by atoms with van der Waals surface area (Å²) in [5.74, 6) is -3.87. The Bertz CT molecular complexity index is 1590. The molecule has 13 heteroatoms. The smallest absolute Gasteiger partial charge is 0.243 e. The predicted octanol–water partition coefficient (Wildman–Crippen LogP) is 3.85. The lowest BCUT2D eigenvalue weighted by molar-refractivity contribution is 0.218. The van der Waals surface area contributed by atoms with Crippen LogP contribution in [-0.4, -0.2) is 35.1 Å². The number of benzene rings is 2. The van der Waals surface area contributed by atoms with Crippen LogP contribution >= 0.6 is 11.3 Å². The van der Waals surface area contributed by atoms with Gasteiger partial charge in [0, 0.05) is 28.3 Å². The van der Waals surface area contributed by atoms with Gasteiger partial charge in [0.25, 0.3) is 0 Å². The molecule has 2 aromatic heterocycles. The van der Waals surface area contributed by atoms with Crippen molar-refractivity contribution in [1.29, 1.82) is 0 Å². The third kappa shape index (κ3) is 4.57. The fourth-order valence-corrected chi connectivity index (χ4v) is 5.30. The van der Waals surface area contributed by atoms with Crippen LogP contribution in [0.15, 0.2) is 47.5 Å². The van der Waals surface area contributed by atoms with E-state index in [0.29, 0.717) is 21.6 Å². The number of nitrogens with two attached hydrogens (primary N) is 2. The highest BCUT2D eigenvalue weighted by Gasteiger charge is 2.30. The Morgan fingerprint density at radius 3 is 2.31 bits per heavy atom. The van der Waals surface area contributed by atoms with Gasteiger partial charge in [0.15, 0.2) is 10.7 Å². The fourth-order valence-electron chi connectivity index (χ4n) is 3.46. The van der Waals surface area contributed by atoms with Crippen molar-refractivity contribution in [2.75, 3.05) is 12.3 Å². The first kappa shape index (κ1) is 25.7. The van der Waals surface area contributed by atoms with Gasteiger partial charge < -0.3 is 10.8 Å². The highest BCUT2D eigenvalue weighted by molar-refractivity contribution is 7.89. The highest BCUT2D eigenvalue weighted by atomic mass is 32.2. The summed E-state index contributed by atoms with van der Waals surface area (Å²) >= 11 is 1.17. The summed E-state index contributed by atoms with van der Waals surface area (Å²) in [6.45, 7) is 3.26. The number of thiazole rings is 1. The van der Waals surface area contributed by atoms with E-state index in [0.717, 1.165) is 6.07 Å². The lowest BCUT2D eigenvalue weighted by Gasteiger charge is -2.17. The van der Waals surface area contributed by atoms with E-state index >= 15 is 8.78 Å². The van der Waals surface area contributed by atoms with Crippen LogP contribution in [0, 0.1) is 17.5 Å². The van der Waals surface area contributed by atoms with Crippen molar-refractivity contribution in [3.05, 3.63) is 65.1 Å². The minimum Gasteiger partial charge on any atom is -0.395 e. The van der Waals surface area contributed by atoms with Crippen molar-refractivity contribution in [2.24, 2.45) is 5.14 Å². The molecule has 0 atom stereocenters. The fraction of sp³-hybridized carbons (Fsp3) is 0.174. The molecule has 0 spiro atoms. The van der Waals surface area contributed by atoms with Gasteiger partial charge in [-0.25, -0.2) is 41.7 Å². The van der Waals surface area contributed by atoms with Crippen LogP contribution in [0.25, 0.3) is 33.0 Å². The zero-order chi connectivity index (χ0) is 26.4. The maximum absolute atomic E-state index is 15.9. The zero-order valence-corrected chi connectivity index (χ0v) is 20.6. The molecule has 8 nitrogen and oxygen atoms in total. The van der Waals surface area contributed by atoms with Gasteiger partial charge in [0.05, 0.1) is 22.9 Å². The van der Waals surface area contributed by atoms with Crippen molar-refractivity contribution < 1.29 is 26.7 Å². The predicted molar refractivity (Wildman–Crippen MR) is 130 cm³/mol. The Morgan fingerprint density at radius 2 is 1.67 bits per heavy atom. The van der Waals surface area contributed by atoms with Gasteiger partial charge in [-0.2, -0.15) is 0 Å². The zero-order valence-electron chi connectivity index (χ0n) is 19.0. The number of sulfonamides is 1. The lowest BCUT2D eigenvalue weighted by atomic mass is 9.96. The number of aromatic nitrogens is 3. The van der Waals surface area contributed by atoms with Crippen molar-refractivity contribution in [2.45, 2.75) is 24.2 Å². The molecular weight excluding hydrogens is 515 g/mol. The van der Waals surface area contributed by atoms with E-state index in [9.17, 15) is 17.9 Å². The summed E-state index contributed by atoms with van der Waals surface area (Å²) in [4.78, 5) is 11.7. The molecule has 0 saturated heterocycles. The Labute approximate surface area is 208 Å². The molecule has 5 N–H and O–H groups in total. The van der Waals surface area contributed by atoms with Crippen LogP contribution in [-0.2, 0) is 15.4 Å². The second-order valence-corrected chi connectivity index (χ2v) is 11.0. The summed E-state index contributed by atoms with van der Waals surface area (Å²) in [5, 5.41) is 15.3. The van der Waals surface area contributed by atoms with Crippen LogP contribution in [0.3, 0.4) is 0 Å². The highest BCUT2D eigenvalue weighted by Crippen LogP contribution is 2.42. The largest absolute Gasteiger partial charge is 0.395 e. The van der Waals surface area contributed by atoms with Crippen molar-refractivity contribution in [3.63, 3.8) is 0 Å². The normalized spacial score (nSPS) is 12.2. The van der Waals surface area contributed by atoms with Crippen LogP contribution in [0.4, 0.5) is 19.1 Å². The summed E-state index contributed by atoms with van der Waals surface area (Å²) in [6.07, 6.45) is 1.42. The van der Waals surface area contributed by atoms with E-state index < -0.39 is 43.3 Å². The van der Waals surface area contributed by atoms with Crippen LogP contribution in [0.5, 0.6) is 0 Å². The molecule has 0 bridgehead atoms. The number of aliphatic hydroxyl groups excluding tert-OH is 1. The van der Waals surface area contributed by atoms with Gasteiger partial charge in [0.2, 0.25) is 16.0 Å². The number of halogens is 3. The first-order valence-electron chi connectivity index (χ1n) is 10.4. The maximum atomic E-state index is 15.9. The number of anilines is 1. The van der Waals surface area contributed by atoms with E-state index in [-0.39, 0.29) is 29.4 Å². The van der Waals surface area contributed by atoms with Crippen LogP contribution < -0.4 is 10.9 Å². The van der Waals surface area contributed by atoms with Crippen molar-refractivity contribution in [3.8, 4) is 33.0 Å². The second-order valence-electron chi connectivity index (χ2n) is 8.49. The molecule has 4 rings (SSSR count). The Hall–Kier alpha value is -3.39. The third-order valence-corrected chi connectivity index (χ3v) is 7.77. The Kier molecular flexibility index (Phi) is 6.60. The molecule has 0 aliphatic rings. The molecule has 0 unspecified atom stereocenters. The molecule has 0 saturated carbocycles. The third-order valence-electron chi connectivity index (χ3n) is 5.39. The van der Waals surface area contributed by atoms with Crippen molar-refractivity contribution in [1.82, 2.24) is 15.0 Å². The van der Waals surface area contributed by atoms with E-state index in [1.165, 1.54) is 35.7 Å². The number of nitrogens with zero attached hydrogens (tertiary/aromatic N) is 3. The lowest BCUT2D eigenvalue weighted by Crippen LogP contribution is -2.21. The molecule has 188 valence electrons. The minimum absolute atomic E-state index is 0.0204. The molecule has 0 aliphatic heterocycles. The molecule has 36 heavy (non-hydrogen) atoms. The van der Waals surface area contributed by atoms with Gasteiger partial charge in [-0.3, -0.25) is 0 Å². The number of nitrogen functional groups attached to an aromatic ring is 1. The van der Waals surface area contributed by atoms with Gasteiger partial charge in [-0.05, 0) is 24.3 Å². The summed E-state index contributed by atoms with van der Waals surface area (Å²) in [6, 6.07) is 7.22. The van der Waals surface area contributed by atoms with Gasteiger partial charge in [-0.15, -0.1) is 11.3 Å². The van der Waals surface area contributed by atoms with Crippen molar-refractivity contribution >= 4 is 27.3 Å². The molecule has 4 aromatic rings. The molecule has 2 aromatic carbocycles. The molecule has 0 fully saturated rings. The van der Waals surface area contributed by atoms with E-state index in [4.69, 9.17) is 10.9 Å². The molecule has 0 amide bonds. The SMILES string of the molecule is CC(C)(CO)c1nc(-c2cccc(-c3ccc(F)c(S(N)(=O)=O)c3F)c2F)c(-c2ccnc(N)n2)s1. The first-order chi connectivity index (χ1) is 16.8. The van der Waals surface area contributed by atoms with Gasteiger partial charge >= 0.3 is 0 Å². The van der Waals surface area contributed by atoms with Crippen LogP contribution in [0.1, 0.15) is 18.9 Å². The summed E-state index contributed by atoms with van der Waals surface area (Å²) in [5.41, 5.74) is 4.55. The average molecular weight is 536 g/mol. The topological polar surface area (TPSA) is 145 Å².